The molecule has 68 heavy (non-hydrogen) atoms. The van der Waals surface area contributed by atoms with Crippen molar-refractivity contribution < 1.29 is 73.3 Å². The van der Waals surface area contributed by atoms with Crippen molar-refractivity contribution in [1.82, 2.24) is 0 Å². The van der Waals surface area contributed by atoms with Crippen molar-refractivity contribution in [3.63, 3.8) is 0 Å². The second kappa shape index (κ2) is 29.0. The first kappa shape index (κ1) is 53.8. The van der Waals surface area contributed by atoms with E-state index < -0.39 is 0 Å². The number of rotatable bonds is 4. The molecule has 0 amide bonds. The van der Waals surface area contributed by atoms with Gasteiger partial charge in [-0.05, 0) is 12.8 Å². The zero-order valence-corrected chi connectivity index (χ0v) is 45.0. The summed E-state index contributed by atoms with van der Waals surface area (Å²) in [5.74, 6) is 0. The van der Waals surface area contributed by atoms with Gasteiger partial charge in [-0.25, -0.2) is 24.3 Å². The van der Waals surface area contributed by atoms with Gasteiger partial charge >= 0.3 is 198 Å². The summed E-state index contributed by atoms with van der Waals surface area (Å²) in [7, 11) is 0. The molecule has 0 radical (unpaired) electrons. The first-order valence-electron chi connectivity index (χ1n) is 22.5. The summed E-state index contributed by atoms with van der Waals surface area (Å²) in [6.45, 7) is 4.25. The maximum absolute atomic E-state index is 3.36. The van der Waals surface area contributed by atoms with Crippen molar-refractivity contribution >= 4 is 6.41 Å². The van der Waals surface area contributed by atoms with E-state index in [1.165, 1.54) is 133 Å². The van der Waals surface area contributed by atoms with E-state index in [2.05, 4.69) is 244 Å². The van der Waals surface area contributed by atoms with Gasteiger partial charge in [0.2, 0.25) is 0 Å². The molecule has 0 N–H and O–H groups in total. The summed E-state index contributed by atoms with van der Waals surface area (Å²) >= 11 is 2.92. The molecule has 0 atom stereocenters. The van der Waals surface area contributed by atoms with E-state index in [1.54, 1.807) is 0 Å². The van der Waals surface area contributed by atoms with Crippen LogP contribution in [0.2, 0.25) is 0 Å². The second-order valence-electron chi connectivity index (χ2n) is 16.0. The normalized spacial score (nSPS) is 11.7. The number of halogens is 2. The molecule has 4 aliphatic rings. The average Bonchev–Trinajstić information content (AvgIpc) is 4.25. The first-order chi connectivity index (χ1) is 32.4. The third-order valence-electron chi connectivity index (χ3n) is 11.1. The van der Waals surface area contributed by atoms with Crippen LogP contribution in [-0.4, -0.2) is 6.41 Å². The predicted molar refractivity (Wildman–Crippen MR) is 272 cm³/mol. The molecule has 0 spiro atoms. The molecule has 0 saturated heterocycles. The Kier molecular flexibility index (Phi) is 22.9. The van der Waals surface area contributed by atoms with Gasteiger partial charge < -0.3 is 24.8 Å². The van der Waals surface area contributed by atoms with E-state index in [4.69, 9.17) is 0 Å². The molecule has 0 bridgehead atoms. The van der Waals surface area contributed by atoms with Gasteiger partial charge in [-0.15, -0.1) is 24.0 Å². The van der Waals surface area contributed by atoms with E-state index in [0.29, 0.717) is 0 Å². The molecule has 12 rings (SSSR count). The molecule has 4 aliphatic carbocycles. The van der Waals surface area contributed by atoms with Crippen molar-refractivity contribution in [1.29, 1.82) is 0 Å². The molecule has 0 nitrogen and oxygen atoms in total. The second-order valence-corrected chi connectivity index (χ2v) is 18.5. The SMILES string of the molecule is Cc1c[c-]c2c(c1)-c1ccccc1C2.Cc1c[c-]c2c(c1)-c1ccccc1C2.[C-]1=CC=CC1.[C-]1=CC=CC1.[Cl-].[Cl-].[Zr+2]=[C](c1ccccc1)c1ccccc1.[Zr+2]=[C](c1ccccc1)c1ccccc1. The van der Waals surface area contributed by atoms with Gasteiger partial charge in [0.25, 0.3) is 0 Å². The van der Waals surface area contributed by atoms with E-state index in [9.17, 15) is 0 Å². The van der Waals surface area contributed by atoms with Crippen LogP contribution in [0.25, 0.3) is 22.3 Å². The van der Waals surface area contributed by atoms with Crippen LogP contribution in [0.3, 0.4) is 0 Å². The molecular weight excluding hydrogens is 1020 g/mol. The zero-order valence-electron chi connectivity index (χ0n) is 38.5. The summed E-state index contributed by atoms with van der Waals surface area (Å²) < 4.78 is 2.83. The van der Waals surface area contributed by atoms with Gasteiger partial charge in [-0.1, -0.05) is 84.6 Å². The third kappa shape index (κ3) is 15.9. The van der Waals surface area contributed by atoms with Crippen LogP contribution in [0.1, 0.15) is 68.5 Å². The molecule has 332 valence electrons. The molecule has 0 aliphatic heterocycles. The van der Waals surface area contributed by atoms with E-state index in [1.807, 2.05) is 24.3 Å². The van der Waals surface area contributed by atoms with Crippen molar-refractivity contribution in [2.24, 2.45) is 0 Å². The molecule has 4 heteroatoms. The minimum absolute atomic E-state index is 0. The summed E-state index contributed by atoms with van der Waals surface area (Å²) in [6.07, 6.45) is 22.1. The average molecular weight is 1070 g/mol. The fourth-order valence-electron chi connectivity index (χ4n) is 7.73. The first-order valence-corrected chi connectivity index (χ1v) is 24.9. The van der Waals surface area contributed by atoms with Crippen LogP contribution in [0, 0.1) is 38.1 Å². The Bertz CT molecular complexity index is 2640. The molecule has 0 fully saturated rings. The molecule has 0 aromatic heterocycles. The fourth-order valence-corrected chi connectivity index (χ4v) is 9.37. The Labute approximate surface area is 447 Å². The number of hydrogen-bond acceptors (Lipinski definition) is 0. The Morgan fingerprint density at radius 3 is 0.985 bits per heavy atom. The third-order valence-corrected chi connectivity index (χ3v) is 14.0. The Balaban J connectivity index is 0.000000157. The topological polar surface area (TPSA) is 0 Å². The molecule has 0 saturated carbocycles. The predicted octanol–water partition coefficient (Wildman–Crippen LogP) is 8.96. The number of hydrogen-bond donors (Lipinski definition) is 0. The van der Waals surface area contributed by atoms with Gasteiger partial charge in [-0.2, -0.15) is 70.8 Å². The number of benzene rings is 8. The quantitative estimate of drug-likeness (QED) is 0.155. The molecular formula is C64H52Cl2Zr2-2. The van der Waals surface area contributed by atoms with Crippen molar-refractivity contribution in [2.45, 2.75) is 39.5 Å². The van der Waals surface area contributed by atoms with E-state index in [0.717, 1.165) is 25.7 Å². The van der Waals surface area contributed by atoms with Crippen molar-refractivity contribution in [3.05, 3.63) is 310 Å². The summed E-state index contributed by atoms with van der Waals surface area (Å²) in [4.78, 5) is 0. The maximum atomic E-state index is 3.36. The number of allylic oxidation sites excluding steroid dienone is 8. The van der Waals surface area contributed by atoms with E-state index in [-0.39, 0.29) is 24.8 Å². The molecule has 0 unspecified atom stereocenters. The zero-order chi connectivity index (χ0) is 45.8. The Hall–Kier alpha value is -5.19. The van der Waals surface area contributed by atoms with Crippen LogP contribution < -0.4 is 24.8 Å². The molecule has 8 aromatic rings. The Morgan fingerprint density at radius 1 is 0.397 bits per heavy atom. The molecule has 0 heterocycles. The van der Waals surface area contributed by atoms with Gasteiger partial charge in [-0.3, -0.25) is 12.2 Å². The number of fused-ring (bicyclic) bond motifs is 6. The minimum atomic E-state index is 0. The van der Waals surface area contributed by atoms with Crippen LogP contribution in [-0.2, 0) is 61.3 Å². The van der Waals surface area contributed by atoms with Crippen LogP contribution in [0.5, 0.6) is 0 Å². The Morgan fingerprint density at radius 2 is 0.706 bits per heavy atom. The van der Waals surface area contributed by atoms with Gasteiger partial charge in [0.15, 0.2) is 0 Å². The number of aryl methyl sites for hydroxylation is 2. The van der Waals surface area contributed by atoms with Crippen LogP contribution >= 0.6 is 0 Å². The summed E-state index contributed by atoms with van der Waals surface area (Å²) in [6, 6.07) is 74.9. The summed E-state index contributed by atoms with van der Waals surface area (Å²) in [5.41, 5.74) is 19.0. The van der Waals surface area contributed by atoms with Crippen molar-refractivity contribution in [2.75, 3.05) is 0 Å². The summed E-state index contributed by atoms with van der Waals surface area (Å²) in [5, 5.41) is 0. The van der Waals surface area contributed by atoms with Gasteiger partial charge in [0.1, 0.15) is 0 Å². The standard InChI is InChI=1S/2C14H11.2C13H10.2C5H5.2ClH.2Zr/c2*1-10-6-7-12-9-11-4-2-3-5-13(11)14(12)8-10;2*1-3-7-12(8-4-1)11-13-9-5-2-6-10-13;2*1-2-4-5-3-1;;;;/h2*2-6,8H,9H2,1H3;2*1-10H;2*1-3H,4H2;2*1H;;/q2*-1;;;2*-1;;;2*+2/p-2. The van der Waals surface area contributed by atoms with Gasteiger partial charge in [0, 0.05) is 0 Å². The fraction of sp³-hybridized carbons (Fsp3) is 0.0938. The van der Waals surface area contributed by atoms with Gasteiger partial charge in [0.05, 0.1) is 0 Å². The monoisotopic (exact) mass is 1070 g/mol. The van der Waals surface area contributed by atoms with E-state index >= 15 is 0 Å². The van der Waals surface area contributed by atoms with Crippen LogP contribution in [0.4, 0.5) is 0 Å². The van der Waals surface area contributed by atoms with Crippen molar-refractivity contribution in [3.8, 4) is 22.3 Å². The van der Waals surface area contributed by atoms with Crippen LogP contribution in [0.15, 0.2) is 231 Å². The molecule has 8 aromatic carbocycles.